The van der Waals surface area contributed by atoms with Crippen LogP contribution in [0.25, 0.3) is 16.6 Å². The Hall–Kier alpha value is -3.24. The highest BCUT2D eigenvalue weighted by Crippen LogP contribution is 2.55. The van der Waals surface area contributed by atoms with Gasteiger partial charge in [0.1, 0.15) is 5.75 Å². The van der Waals surface area contributed by atoms with E-state index in [1.54, 1.807) is 6.92 Å². The molecular formula is C29H28ClNO3. The zero-order valence-electron chi connectivity index (χ0n) is 19.6. The molecule has 5 rings (SSSR count). The van der Waals surface area contributed by atoms with Crippen LogP contribution in [0, 0.1) is 0 Å². The van der Waals surface area contributed by atoms with Crippen LogP contribution in [0.15, 0.2) is 72.8 Å². The first kappa shape index (κ1) is 22.5. The molecule has 2 atom stereocenters. The molecule has 1 aromatic heterocycles. The fraction of sp³-hybridized carbons (Fsp3) is 0.276. The van der Waals surface area contributed by atoms with E-state index in [0.717, 1.165) is 28.8 Å². The maximum atomic E-state index is 13.0. The molecule has 0 amide bonds. The smallest absolute Gasteiger partial charge is 0.356 e. The Morgan fingerprint density at radius 1 is 1.00 bits per heavy atom. The van der Waals surface area contributed by atoms with Crippen molar-refractivity contribution in [1.29, 1.82) is 0 Å². The number of hydrogen-bond donors (Lipinski definition) is 0. The first-order valence-electron chi connectivity index (χ1n) is 11.8. The standard InChI is InChI=1S/C29H28ClNO3/c1-4-33-29(32)28-27(30)25-16-20(24-17-23(24)19-8-6-5-7-9-19)10-15-26(25)31(28)21-11-13-22(14-12-21)34-18(2)3/h5-16,18,23-24H,4,17H2,1-3H3. The van der Waals surface area contributed by atoms with Gasteiger partial charge >= 0.3 is 5.97 Å². The van der Waals surface area contributed by atoms with Gasteiger partial charge in [-0.3, -0.25) is 0 Å². The summed E-state index contributed by atoms with van der Waals surface area (Å²) in [6, 6.07) is 24.7. The van der Waals surface area contributed by atoms with Crippen molar-refractivity contribution in [2.75, 3.05) is 6.61 Å². The SMILES string of the molecule is CCOC(=O)c1c(Cl)c2cc(C3CC3c3ccccc3)ccc2n1-c1ccc(OC(C)C)cc1. The first-order valence-corrected chi connectivity index (χ1v) is 12.2. The van der Waals surface area contributed by atoms with Crippen LogP contribution in [0.5, 0.6) is 5.75 Å². The minimum absolute atomic E-state index is 0.0864. The van der Waals surface area contributed by atoms with Crippen molar-refractivity contribution in [3.63, 3.8) is 0 Å². The average Bonchev–Trinajstić information content (AvgIpc) is 3.58. The van der Waals surface area contributed by atoms with E-state index in [2.05, 4.69) is 42.5 Å². The molecule has 1 heterocycles. The molecule has 34 heavy (non-hydrogen) atoms. The lowest BCUT2D eigenvalue weighted by Crippen LogP contribution is -2.11. The molecule has 1 saturated carbocycles. The van der Waals surface area contributed by atoms with Gasteiger partial charge in [0.05, 0.1) is 23.3 Å². The Morgan fingerprint density at radius 2 is 1.71 bits per heavy atom. The highest BCUT2D eigenvalue weighted by Gasteiger charge is 2.39. The van der Waals surface area contributed by atoms with Gasteiger partial charge < -0.3 is 14.0 Å². The average molecular weight is 474 g/mol. The van der Waals surface area contributed by atoms with Crippen molar-refractivity contribution >= 4 is 28.5 Å². The van der Waals surface area contributed by atoms with Gasteiger partial charge in [-0.2, -0.15) is 0 Å². The molecule has 0 saturated heterocycles. The monoisotopic (exact) mass is 473 g/mol. The molecule has 0 spiro atoms. The van der Waals surface area contributed by atoms with E-state index >= 15 is 0 Å². The van der Waals surface area contributed by atoms with Crippen LogP contribution in [0.3, 0.4) is 0 Å². The summed E-state index contributed by atoms with van der Waals surface area (Å²) >= 11 is 6.85. The van der Waals surface area contributed by atoms with Crippen LogP contribution in [0.1, 0.15) is 60.6 Å². The first-order chi connectivity index (χ1) is 16.5. The Bertz CT molecular complexity index is 1330. The molecule has 2 unspecified atom stereocenters. The second-order valence-electron chi connectivity index (χ2n) is 9.01. The van der Waals surface area contributed by atoms with E-state index in [4.69, 9.17) is 21.1 Å². The quantitative estimate of drug-likeness (QED) is 0.260. The molecule has 5 heteroatoms. The third-order valence-corrected chi connectivity index (χ3v) is 6.69. The van der Waals surface area contributed by atoms with Crippen LogP contribution in [-0.4, -0.2) is 23.2 Å². The van der Waals surface area contributed by atoms with Crippen LogP contribution < -0.4 is 4.74 Å². The van der Waals surface area contributed by atoms with E-state index in [0.29, 0.717) is 22.6 Å². The molecular weight excluding hydrogens is 446 g/mol. The van der Waals surface area contributed by atoms with Gasteiger partial charge in [-0.25, -0.2) is 4.79 Å². The molecule has 1 aliphatic rings. The minimum atomic E-state index is -0.429. The van der Waals surface area contributed by atoms with Gasteiger partial charge in [0.15, 0.2) is 5.69 Å². The number of rotatable bonds is 7. The Kier molecular flexibility index (Phi) is 6.09. The number of nitrogens with zero attached hydrogens (tertiary/aromatic N) is 1. The van der Waals surface area contributed by atoms with Crippen molar-refractivity contribution in [3.8, 4) is 11.4 Å². The summed E-state index contributed by atoms with van der Waals surface area (Å²) < 4.78 is 13.0. The summed E-state index contributed by atoms with van der Waals surface area (Å²) in [5.74, 6) is 1.34. The van der Waals surface area contributed by atoms with Crippen LogP contribution >= 0.6 is 11.6 Å². The van der Waals surface area contributed by atoms with Gasteiger partial charge in [-0.1, -0.05) is 48.0 Å². The molecule has 0 N–H and O–H groups in total. The third-order valence-electron chi connectivity index (χ3n) is 6.31. The predicted octanol–water partition coefficient (Wildman–Crippen LogP) is 7.52. The van der Waals surface area contributed by atoms with E-state index in [-0.39, 0.29) is 12.7 Å². The normalized spacial score (nSPS) is 17.2. The number of esters is 1. The Labute approximate surface area is 205 Å². The third kappa shape index (κ3) is 4.19. The Balaban J connectivity index is 1.57. The van der Waals surface area contributed by atoms with Crippen molar-refractivity contribution in [2.45, 2.75) is 45.1 Å². The van der Waals surface area contributed by atoms with Gasteiger partial charge in [0, 0.05) is 11.1 Å². The van der Waals surface area contributed by atoms with E-state index in [1.165, 1.54) is 11.1 Å². The molecule has 0 radical (unpaired) electrons. The highest BCUT2D eigenvalue weighted by atomic mass is 35.5. The number of aromatic nitrogens is 1. The maximum absolute atomic E-state index is 13.0. The number of fused-ring (bicyclic) bond motifs is 1. The van der Waals surface area contributed by atoms with Gasteiger partial charge in [-0.05, 0) is 86.6 Å². The summed E-state index contributed by atoms with van der Waals surface area (Å²) in [4.78, 5) is 13.0. The number of benzene rings is 3. The summed E-state index contributed by atoms with van der Waals surface area (Å²) in [7, 11) is 0. The van der Waals surface area contributed by atoms with Crippen LogP contribution in [-0.2, 0) is 4.74 Å². The van der Waals surface area contributed by atoms with E-state index < -0.39 is 5.97 Å². The topological polar surface area (TPSA) is 40.5 Å². The Morgan fingerprint density at radius 3 is 2.38 bits per heavy atom. The zero-order chi connectivity index (χ0) is 23.8. The molecule has 4 nitrogen and oxygen atoms in total. The fourth-order valence-electron chi connectivity index (χ4n) is 4.73. The van der Waals surface area contributed by atoms with Crippen molar-refractivity contribution in [2.24, 2.45) is 0 Å². The zero-order valence-corrected chi connectivity index (χ0v) is 20.4. The number of carbonyl (C=O) groups excluding carboxylic acids is 1. The molecule has 4 aromatic rings. The number of ether oxygens (including phenoxy) is 2. The summed E-state index contributed by atoms with van der Waals surface area (Å²) in [5.41, 5.74) is 4.68. The second kappa shape index (κ2) is 9.19. The molecule has 1 aliphatic carbocycles. The lowest BCUT2D eigenvalue weighted by molar-refractivity contribution is 0.0517. The minimum Gasteiger partial charge on any atom is -0.491 e. The molecule has 3 aromatic carbocycles. The van der Waals surface area contributed by atoms with Crippen LogP contribution in [0.4, 0.5) is 0 Å². The summed E-state index contributed by atoms with van der Waals surface area (Å²) in [6.07, 6.45) is 1.21. The predicted molar refractivity (Wildman–Crippen MR) is 137 cm³/mol. The van der Waals surface area contributed by atoms with E-state index in [9.17, 15) is 4.79 Å². The second-order valence-corrected chi connectivity index (χ2v) is 9.39. The summed E-state index contributed by atoms with van der Waals surface area (Å²) in [6.45, 7) is 6.06. The van der Waals surface area contributed by atoms with Crippen LogP contribution in [0.2, 0.25) is 5.02 Å². The number of halogens is 1. The van der Waals surface area contributed by atoms with Crippen molar-refractivity contribution in [3.05, 3.63) is 94.6 Å². The molecule has 174 valence electrons. The molecule has 1 fully saturated rings. The highest BCUT2D eigenvalue weighted by molar-refractivity contribution is 6.38. The summed E-state index contributed by atoms with van der Waals surface area (Å²) in [5, 5.41) is 1.29. The van der Waals surface area contributed by atoms with Crippen molar-refractivity contribution in [1.82, 2.24) is 4.57 Å². The molecule has 0 aliphatic heterocycles. The maximum Gasteiger partial charge on any atom is 0.356 e. The number of carbonyl (C=O) groups is 1. The van der Waals surface area contributed by atoms with Gasteiger partial charge in [0.25, 0.3) is 0 Å². The lowest BCUT2D eigenvalue weighted by atomic mass is 10.0. The van der Waals surface area contributed by atoms with E-state index in [1.807, 2.05) is 48.7 Å². The van der Waals surface area contributed by atoms with Gasteiger partial charge in [-0.15, -0.1) is 0 Å². The van der Waals surface area contributed by atoms with Gasteiger partial charge in [0.2, 0.25) is 0 Å². The fourth-order valence-corrected chi connectivity index (χ4v) is 5.04. The van der Waals surface area contributed by atoms with Crippen molar-refractivity contribution < 1.29 is 14.3 Å². The largest absolute Gasteiger partial charge is 0.491 e. The lowest BCUT2D eigenvalue weighted by Gasteiger charge is -2.13. The number of hydrogen-bond acceptors (Lipinski definition) is 3. The molecule has 0 bridgehead atoms.